The lowest BCUT2D eigenvalue weighted by Gasteiger charge is -2.06. The van der Waals surface area contributed by atoms with Crippen molar-refractivity contribution >= 4 is 5.91 Å². The minimum Gasteiger partial charge on any atom is -0.484 e. The van der Waals surface area contributed by atoms with Gasteiger partial charge in [0.2, 0.25) is 0 Å². The molecular formula is C18H14F2N2O3. The number of carbonyl (C=O) groups excluding carboxylic acids is 1. The van der Waals surface area contributed by atoms with Crippen LogP contribution in [-0.4, -0.2) is 17.7 Å². The summed E-state index contributed by atoms with van der Waals surface area (Å²) in [5.41, 5.74) is 1.21. The molecule has 5 nitrogen and oxygen atoms in total. The molecule has 0 aliphatic carbocycles. The molecule has 1 heterocycles. The van der Waals surface area contributed by atoms with E-state index in [9.17, 15) is 13.6 Å². The standard InChI is InChI=1S/C18H14F2N2O3/c19-13-3-1-12(2-4-13)17-9-15(22-25-17)10-21-18(23)11-24-16-7-5-14(20)6-8-16/h1-9H,10-11H2,(H,21,23). The number of hydrogen-bond acceptors (Lipinski definition) is 4. The maximum atomic E-state index is 12.9. The molecule has 0 atom stereocenters. The van der Waals surface area contributed by atoms with Crippen molar-refractivity contribution in [2.24, 2.45) is 0 Å². The van der Waals surface area contributed by atoms with Crippen LogP contribution in [0, 0.1) is 11.6 Å². The second-order valence-corrected chi connectivity index (χ2v) is 5.21. The van der Waals surface area contributed by atoms with Crippen LogP contribution in [0.15, 0.2) is 59.1 Å². The van der Waals surface area contributed by atoms with Crippen molar-refractivity contribution in [1.82, 2.24) is 10.5 Å². The highest BCUT2D eigenvalue weighted by Gasteiger charge is 2.09. The first-order valence-electron chi connectivity index (χ1n) is 7.47. The van der Waals surface area contributed by atoms with Crippen molar-refractivity contribution in [3.8, 4) is 17.1 Å². The lowest BCUT2D eigenvalue weighted by Crippen LogP contribution is -2.28. The molecule has 0 spiro atoms. The second-order valence-electron chi connectivity index (χ2n) is 5.21. The molecule has 1 amide bonds. The van der Waals surface area contributed by atoms with Crippen LogP contribution in [0.3, 0.4) is 0 Å². The number of amides is 1. The normalized spacial score (nSPS) is 10.5. The summed E-state index contributed by atoms with van der Waals surface area (Å²) in [6, 6.07) is 12.8. The minimum atomic E-state index is -0.375. The van der Waals surface area contributed by atoms with E-state index < -0.39 is 0 Å². The first-order chi connectivity index (χ1) is 12.1. The summed E-state index contributed by atoms with van der Waals surface area (Å²) in [7, 11) is 0. The van der Waals surface area contributed by atoms with E-state index in [1.54, 1.807) is 18.2 Å². The average Bonchev–Trinajstić information content (AvgIpc) is 3.09. The molecule has 1 N–H and O–H groups in total. The van der Waals surface area contributed by atoms with Crippen molar-refractivity contribution in [2.75, 3.05) is 6.61 Å². The topological polar surface area (TPSA) is 64.4 Å². The molecule has 7 heteroatoms. The van der Waals surface area contributed by atoms with Crippen molar-refractivity contribution in [3.05, 3.63) is 71.9 Å². The number of benzene rings is 2. The molecule has 0 fully saturated rings. The first-order valence-corrected chi connectivity index (χ1v) is 7.47. The van der Waals surface area contributed by atoms with Gasteiger partial charge in [-0.1, -0.05) is 5.16 Å². The van der Waals surface area contributed by atoms with Crippen LogP contribution in [-0.2, 0) is 11.3 Å². The van der Waals surface area contributed by atoms with Crippen LogP contribution < -0.4 is 10.1 Å². The van der Waals surface area contributed by atoms with Crippen LogP contribution in [0.2, 0.25) is 0 Å². The lowest BCUT2D eigenvalue weighted by molar-refractivity contribution is -0.123. The summed E-state index contributed by atoms with van der Waals surface area (Å²) >= 11 is 0. The van der Waals surface area contributed by atoms with E-state index in [1.807, 2.05) is 0 Å². The molecule has 128 valence electrons. The molecule has 0 aliphatic rings. The molecular weight excluding hydrogens is 330 g/mol. The van der Waals surface area contributed by atoms with Crippen molar-refractivity contribution in [1.29, 1.82) is 0 Å². The summed E-state index contributed by atoms with van der Waals surface area (Å²) in [4.78, 5) is 11.8. The quantitative estimate of drug-likeness (QED) is 0.745. The van der Waals surface area contributed by atoms with Crippen molar-refractivity contribution in [3.63, 3.8) is 0 Å². The summed E-state index contributed by atoms with van der Waals surface area (Å²) in [5.74, 6) is -0.184. The van der Waals surface area contributed by atoms with Gasteiger partial charge in [-0.3, -0.25) is 4.79 Å². The Balaban J connectivity index is 1.49. The van der Waals surface area contributed by atoms with Crippen LogP contribution in [0.25, 0.3) is 11.3 Å². The fourth-order valence-corrected chi connectivity index (χ4v) is 2.07. The number of nitrogens with one attached hydrogen (secondary N) is 1. The van der Waals surface area contributed by atoms with E-state index in [0.717, 1.165) is 0 Å². The SMILES string of the molecule is O=C(COc1ccc(F)cc1)NCc1cc(-c2ccc(F)cc2)on1. The largest absolute Gasteiger partial charge is 0.484 e. The first kappa shape index (κ1) is 16.6. The highest BCUT2D eigenvalue weighted by Crippen LogP contribution is 2.20. The highest BCUT2D eigenvalue weighted by molar-refractivity contribution is 5.77. The van der Waals surface area contributed by atoms with Gasteiger partial charge in [-0.15, -0.1) is 0 Å². The van der Waals surface area contributed by atoms with Gasteiger partial charge in [0.1, 0.15) is 23.1 Å². The van der Waals surface area contributed by atoms with E-state index in [-0.39, 0.29) is 30.7 Å². The fourth-order valence-electron chi connectivity index (χ4n) is 2.07. The summed E-state index contributed by atoms with van der Waals surface area (Å²) in [6.45, 7) is -0.0371. The van der Waals surface area contributed by atoms with Gasteiger partial charge < -0.3 is 14.6 Å². The Hall–Kier alpha value is -3.22. The van der Waals surface area contributed by atoms with E-state index >= 15 is 0 Å². The number of nitrogens with zero attached hydrogens (tertiary/aromatic N) is 1. The van der Waals surface area contributed by atoms with Crippen LogP contribution in [0.4, 0.5) is 8.78 Å². The van der Waals surface area contributed by atoms with Gasteiger partial charge in [-0.2, -0.15) is 0 Å². The minimum absolute atomic E-state index is 0.163. The molecule has 3 aromatic rings. The number of hydrogen-bond donors (Lipinski definition) is 1. The van der Waals surface area contributed by atoms with Gasteiger partial charge in [0.05, 0.1) is 6.54 Å². The fraction of sp³-hybridized carbons (Fsp3) is 0.111. The van der Waals surface area contributed by atoms with Crippen LogP contribution in [0.5, 0.6) is 5.75 Å². The number of halogens is 2. The molecule has 0 saturated carbocycles. The summed E-state index contributed by atoms with van der Waals surface area (Å²) < 4.78 is 36.1. The Labute approximate surface area is 142 Å². The number of rotatable bonds is 6. The molecule has 0 bridgehead atoms. The van der Waals surface area contributed by atoms with E-state index in [1.165, 1.54) is 36.4 Å². The Morgan fingerprint density at radius 2 is 1.68 bits per heavy atom. The molecule has 1 aromatic heterocycles. The van der Waals surface area contributed by atoms with E-state index in [0.29, 0.717) is 22.8 Å². The zero-order chi connectivity index (χ0) is 17.6. The van der Waals surface area contributed by atoms with Gasteiger partial charge in [0.25, 0.3) is 5.91 Å². The average molecular weight is 344 g/mol. The van der Waals surface area contributed by atoms with Gasteiger partial charge >= 0.3 is 0 Å². The third-order valence-corrected chi connectivity index (χ3v) is 3.34. The predicted molar refractivity (Wildman–Crippen MR) is 85.6 cm³/mol. The Kier molecular flexibility index (Phi) is 5.03. The van der Waals surface area contributed by atoms with Gasteiger partial charge in [0.15, 0.2) is 12.4 Å². The monoisotopic (exact) mass is 344 g/mol. The predicted octanol–water partition coefficient (Wildman–Crippen LogP) is 3.32. The van der Waals surface area contributed by atoms with Crippen molar-refractivity contribution in [2.45, 2.75) is 6.54 Å². The highest BCUT2D eigenvalue weighted by atomic mass is 19.1. The zero-order valence-electron chi connectivity index (χ0n) is 13.0. The lowest BCUT2D eigenvalue weighted by atomic mass is 10.1. The van der Waals surface area contributed by atoms with Gasteiger partial charge in [-0.05, 0) is 48.5 Å². The summed E-state index contributed by atoms with van der Waals surface area (Å²) in [6.07, 6.45) is 0. The van der Waals surface area contributed by atoms with Crippen LogP contribution >= 0.6 is 0 Å². The van der Waals surface area contributed by atoms with E-state index in [2.05, 4.69) is 10.5 Å². The number of aromatic nitrogens is 1. The van der Waals surface area contributed by atoms with E-state index in [4.69, 9.17) is 9.26 Å². The molecule has 0 saturated heterocycles. The number of carbonyl (C=O) groups is 1. The molecule has 3 rings (SSSR count). The molecule has 0 aliphatic heterocycles. The Morgan fingerprint density at radius 3 is 2.36 bits per heavy atom. The third-order valence-electron chi connectivity index (χ3n) is 3.34. The maximum absolute atomic E-state index is 12.9. The second kappa shape index (κ2) is 7.57. The molecule has 0 radical (unpaired) electrons. The zero-order valence-corrected chi connectivity index (χ0v) is 13.0. The van der Waals surface area contributed by atoms with Gasteiger partial charge in [0, 0.05) is 11.6 Å². The number of ether oxygens (including phenoxy) is 1. The Bertz CT molecular complexity index is 846. The van der Waals surface area contributed by atoms with Crippen LogP contribution in [0.1, 0.15) is 5.69 Å². The maximum Gasteiger partial charge on any atom is 0.258 e. The van der Waals surface area contributed by atoms with Gasteiger partial charge in [-0.25, -0.2) is 8.78 Å². The molecule has 25 heavy (non-hydrogen) atoms. The Morgan fingerprint density at radius 1 is 1.04 bits per heavy atom. The molecule has 0 unspecified atom stereocenters. The smallest absolute Gasteiger partial charge is 0.258 e. The molecule has 2 aromatic carbocycles. The summed E-state index contributed by atoms with van der Waals surface area (Å²) in [5, 5.41) is 6.48. The van der Waals surface area contributed by atoms with Crippen molar-refractivity contribution < 1.29 is 22.8 Å². The third kappa shape index (κ3) is 4.63.